The van der Waals surface area contributed by atoms with Crippen LogP contribution in [0.15, 0.2) is 17.2 Å². The molecule has 0 saturated carbocycles. The number of aromatic nitrogens is 2. The monoisotopic (exact) mass is 241 g/mol. The summed E-state index contributed by atoms with van der Waals surface area (Å²) in [7, 11) is 0. The van der Waals surface area contributed by atoms with E-state index in [1.54, 1.807) is 6.20 Å². The molecule has 0 radical (unpaired) electrons. The van der Waals surface area contributed by atoms with Crippen molar-refractivity contribution in [1.82, 2.24) is 9.55 Å². The minimum absolute atomic E-state index is 0.0191. The van der Waals surface area contributed by atoms with E-state index in [0.717, 1.165) is 0 Å². The highest BCUT2D eigenvalue weighted by Gasteiger charge is 2.06. The molecule has 0 atom stereocenters. The van der Waals surface area contributed by atoms with E-state index < -0.39 is 12.6 Å². The predicted molar refractivity (Wildman–Crippen MR) is 60.5 cm³/mol. The van der Waals surface area contributed by atoms with E-state index in [1.165, 1.54) is 10.8 Å². The van der Waals surface area contributed by atoms with Gasteiger partial charge < -0.3 is 9.67 Å². The zero-order valence-electron chi connectivity index (χ0n) is 9.71. The van der Waals surface area contributed by atoms with Crippen LogP contribution in [0, 0.1) is 5.92 Å². The molecule has 0 amide bonds. The molecule has 17 heavy (non-hydrogen) atoms. The lowest BCUT2D eigenvalue weighted by Gasteiger charge is -2.10. The Labute approximate surface area is 98.0 Å². The Balaban J connectivity index is 2.73. The minimum atomic E-state index is -1.13. The van der Waals surface area contributed by atoms with Crippen molar-refractivity contribution < 1.29 is 14.7 Å². The van der Waals surface area contributed by atoms with Gasteiger partial charge in [0.25, 0.3) is 5.56 Å². The van der Waals surface area contributed by atoms with Gasteiger partial charge in [-0.15, -0.1) is 0 Å². The van der Waals surface area contributed by atoms with Crippen LogP contribution in [0.25, 0.3) is 0 Å². The Kier molecular flexibility index (Phi) is 4.65. The Morgan fingerprint density at radius 1 is 1.65 bits per heavy atom. The van der Waals surface area contributed by atoms with Crippen LogP contribution in [0.2, 0.25) is 0 Å². The molecule has 0 bridgehead atoms. The molecular weight excluding hydrogens is 226 g/mol. The second-order valence-electron chi connectivity index (χ2n) is 3.91. The van der Waals surface area contributed by atoms with Gasteiger partial charge in [-0.25, -0.2) is 15.3 Å². The molecule has 1 rings (SSSR count). The van der Waals surface area contributed by atoms with Gasteiger partial charge in [0, 0.05) is 18.9 Å². The molecule has 0 aliphatic carbocycles. The third kappa shape index (κ3) is 4.23. The molecule has 1 aromatic rings. The van der Waals surface area contributed by atoms with E-state index in [1.807, 2.05) is 13.8 Å². The Morgan fingerprint density at radius 3 is 2.94 bits per heavy atom. The molecule has 7 nitrogen and oxygen atoms in total. The predicted octanol–water partition coefficient (Wildman–Crippen LogP) is 0.327. The maximum absolute atomic E-state index is 11.8. The van der Waals surface area contributed by atoms with Gasteiger partial charge in [0.1, 0.15) is 0 Å². The number of carboxylic acid groups (broad SMARTS) is 1. The molecule has 0 unspecified atom stereocenters. The molecule has 1 aromatic heterocycles. The van der Waals surface area contributed by atoms with E-state index in [0.29, 0.717) is 12.5 Å². The van der Waals surface area contributed by atoms with Crippen molar-refractivity contribution in [2.24, 2.45) is 5.92 Å². The third-order valence-corrected chi connectivity index (χ3v) is 1.84. The number of rotatable bonds is 6. The Bertz CT molecular complexity index is 441. The first-order chi connectivity index (χ1) is 8.00. The summed E-state index contributed by atoms with van der Waals surface area (Å²) in [5, 5.41) is 8.37. The van der Waals surface area contributed by atoms with E-state index >= 15 is 0 Å². The van der Waals surface area contributed by atoms with Crippen molar-refractivity contribution in [2.45, 2.75) is 20.4 Å². The first kappa shape index (κ1) is 13.2. The molecule has 0 aromatic carbocycles. The number of aliphatic carboxylic acids is 1. The number of hydrogen-bond donors (Lipinski definition) is 2. The van der Waals surface area contributed by atoms with Gasteiger partial charge in [-0.2, -0.15) is 0 Å². The Hall–Kier alpha value is -1.89. The molecule has 0 saturated heterocycles. The lowest BCUT2D eigenvalue weighted by atomic mass is 10.2. The molecule has 0 aliphatic heterocycles. The number of anilines is 1. The highest BCUT2D eigenvalue weighted by atomic mass is 16.7. The normalized spacial score (nSPS) is 10.5. The van der Waals surface area contributed by atoms with Crippen LogP contribution < -0.4 is 11.0 Å². The zero-order chi connectivity index (χ0) is 12.8. The second kappa shape index (κ2) is 6.00. The number of carbonyl (C=O) groups is 1. The van der Waals surface area contributed by atoms with Crippen molar-refractivity contribution in [2.75, 3.05) is 12.1 Å². The number of carboxylic acids is 1. The summed E-state index contributed by atoms with van der Waals surface area (Å²) in [6, 6.07) is 0. The molecule has 2 N–H and O–H groups in total. The molecule has 0 aliphatic rings. The lowest BCUT2D eigenvalue weighted by molar-refractivity contribution is -0.141. The first-order valence-electron chi connectivity index (χ1n) is 5.15. The smallest absolute Gasteiger partial charge is 0.332 e. The third-order valence-electron chi connectivity index (χ3n) is 1.84. The van der Waals surface area contributed by atoms with Gasteiger partial charge in [-0.05, 0) is 5.92 Å². The summed E-state index contributed by atoms with van der Waals surface area (Å²) >= 11 is 0. The summed E-state index contributed by atoms with van der Waals surface area (Å²) in [4.78, 5) is 30.4. The number of hydrogen-bond acceptors (Lipinski definition) is 5. The van der Waals surface area contributed by atoms with Crippen LogP contribution in [0.4, 0.5) is 5.82 Å². The van der Waals surface area contributed by atoms with Gasteiger partial charge >= 0.3 is 5.97 Å². The van der Waals surface area contributed by atoms with Crippen LogP contribution in [0.3, 0.4) is 0 Å². The quantitative estimate of drug-likeness (QED) is 0.697. The van der Waals surface area contributed by atoms with E-state index in [2.05, 4.69) is 15.3 Å². The van der Waals surface area contributed by atoms with Crippen LogP contribution in [0.1, 0.15) is 13.8 Å². The molecule has 7 heteroatoms. The van der Waals surface area contributed by atoms with E-state index in [-0.39, 0.29) is 11.4 Å². The first-order valence-corrected chi connectivity index (χ1v) is 5.15. The van der Waals surface area contributed by atoms with Crippen molar-refractivity contribution >= 4 is 11.8 Å². The van der Waals surface area contributed by atoms with Gasteiger partial charge in [0.05, 0.1) is 0 Å². The van der Waals surface area contributed by atoms with Crippen LogP contribution >= 0.6 is 0 Å². The fraction of sp³-hybridized carbons (Fsp3) is 0.500. The molecular formula is C10H15N3O4. The number of nitrogens with zero attached hydrogens (tertiary/aromatic N) is 2. The molecule has 0 fully saturated rings. The van der Waals surface area contributed by atoms with Crippen LogP contribution in [0.5, 0.6) is 0 Å². The molecule has 0 spiro atoms. The zero-order valence-corrected chi connectivity index (χ0v) is 9.71. The van der Waals surface area contributed by atoms with Gasteiger partial charge in [-0.1, -0.05) is 13.8 Å². The number of nitrogens with one attached hydrogen (secondary N) is 1. The lowest BCUT2D eigenvalue weighted by Crippen LogP contribution is -2.26. The van der Waals surface area contributed by atoms with Crippen molar-refractivity contribution in [3.63, 3.8) is 0 Å². The van der Waals surface area contributed by atoms with E-state index in [9.17, 15) is 9.59 Å². The highest BCUT2D eigenvalue weighted by molar-refractivity contribution is 5.68. The van der Waals surface area contributed by atoms with Crippen LogP contribution in [-0.2, 0) is 16.2 Å². The summed E-state index contributed by atoms with van der Waals surface area (Å²) in [5.41, 5.74) is 1.89. The Morgan fingerprint density at radius 2 is 2.35 bits per heavy atom. The van der Waals surface area contributed by atoms with Gasteiger partial charge in [0.2, 0.25) is 5.82 Å². The summed E-state index contributed by atoms with van der Waals surface area (Å²) in [6.07, 6.45) is 3.03. The van der Waals surface area contributed by atoms with Crippen molar-refractivity contribution in [1.29, 1.82) is 0 Å². The average Bonchev–Trinajstić information content (AvgIpc) is 2.22. The summed E-state index contributed by atoms with van der Waals surface area (Å²) in [6.45, 7) is 4.00. The molecule has 94 valence electrons. The second-order valence-corrected chi connectivity index (χ2v) is 3.91. The summed E-state index contributed by atoms with van der Waals surface area (Å²) < 4.78 is 1.49. The van der Waals surface area contributed by atoms with Crippen molar-refractivity contribution in [3.8, 4) is 0 Å². The van der Waals surface area contributed by atoms with E-state index in [4.69, 9.17) is 5.11 Å². The van der Waals surface area contributed by atoms with Gasteiger partial charge in [-0.3, -0.25) is 9.63 Å². The fourth-order valence-electron chi connectivity index (χ4n) is 1.22. The maximum Gasteiger partial charge on any atom is 0.332 e. The average molecular weight is 241 g/mol. The SMILES string of the molecule is CC(C)Cn1ccnc(NOCC(=O)O)c1=O. The van der Waals surface area contributed by atoms with Gasteiger partial charge in [0.15, 0.2) is 6.61 Å². The fourth-order valence-corrected chi connectivity index (χ4v) is 1.22. The largest absolute Gasteiger partial charge is 0.479 e. The standard InChI is InChI=1S/C10H15N3O4/c1-7(2)5-13-4-3-11-9(10(13)16)12-17-6-8(14)15/h3-4,7H,5-6H2,1-2H3,(H,11,12)(H,14,15). The summed E-state index contributed by atoms with van der Waals surface area (Å²) in [5.74, 6) is -0.826. The highest BCUT2D eigenvalue weighted by Crippen LogP contribution is 1.98. The van der Waals surface area contributed by atoms with Crippen LogP contribution in [-0.4, -0.2) is 27.2 Å². The molecule has 1 heterocycles. The minimum Gasteiger partial charge on any atom is -0.479 e. The maximum atomic E-state index is 11.8. The topological polar surface area (TPSA) is 93.4 Å². The van der Waals surface area contributed by atoms with Crippen molar-refractivity contribution in [3.05, 3.63) is 22.7 Å².